The number of aromatic nitrogens is 2. The third-order valence-corrected chi connectivity index (χ3v) is 8.22. The van der Waals surface area contributed by atoms with Gasteiger partial charge in [0.05, 0.1) is 11.5 Å². The number of ether oxygens (including phenoxy) is 1. The van der Waals surface area contributed by atoms with Crippen molar-refractivity contribution >= 4 is 26.7 Å². The first-order valence-electron chi connectivity index (χ1n) is 10.7. The van der Waals surface area contributed by atoms with Crippen molar-refractivity contribution in [3.05, 3.63) is 65.7 Å². The summed E-state index contributed by atoms with van der Waals surface area (Å²) in [5.41, 5.74) is 1.35. The van der Waals surface area contributed by atoms with Crippen molar-refractivity contribution < 1.29 is 26.3 Å². The fraction of sp³-hybridized carbons (Fsp3) is 0.364. The molecule has 2 unspecified atom stereocenters. The van der Waals surface area contributed by atoms with Gasteiger partial charge in [0.15, 0.2) is 0 Å². The molecule has 1 fully saturated rings. The van der Waals surface area contributed by atoms with E-state index in [0.29, 0.717) is 24.3 Å². The van der Waals surface area contributed by atoms with Crippen LogP contribution in [0.25, 0.3) is 0 Å². The van der Waals surface area contributed by atoms with E-state index in [1.54, 1.807) is 18.2 Å². The molecule has 1 N–H and O–H groups in total. The van der Waals surface area contributed by atoms with Gasteiger partial charge in [0.25, 0.3) is 15.9 Å². The summed E-state index contributed by atoms with van der Waals surface area (Å²) < 4.78 is 79.7. The highest BCUT2D eigenvalue weighted by molar-refractivity contribution is 7.93. The van der Waals surface area contributed by atoms with Crippen molar-refractivity contribution in [2.45, 2.75) is 42.2 Å². The van der Waals surface area contributed by atoms with E-state index in [4.69, 9.17) is 4.74 Å². The molecule has 0 aliphatic carbocycles. The molecule has 7 nitrogen and oxygen atoms in total. The van der Waals surface area contributed by atoms with E-state index in [-0.39, 0.29) is 35.5 Å². The summed E-state index contributed by atoms with van der Waals surface area (Å²) >= 11 is 0.917. The van der Waals surface area contributed by atoms with E-state index in [0.717, 1.165) is 17.1 Å². The van der Waals surface area contributed by atoms with Crippen molar-refractivity contribution in [3.63, 3.8) is 0 Å². The van der Waals surface area contributed by atoms with Crippen LogP contribution < -0.4 is 9.46 Å². The van der Waals surface area contributed by atoms with Crippen LogP contribution in [0.5, 0.6) is 5.75 Å². The van der Waals surface area contributed by atoms with Gasteiger partial charge in [-0.05, 0) is 23.8 Å². The minimum atomic E-state index is -3.90. The van der Waals surface area contributed by atoms with E-state index in [1.165, 1.54) is 30.6 Å². The van der Waals surface area contributed by atoms with E-state index in [1.807, 2.05) is 4.90 Å². The summed E-state index contributed by atoms with van der Waals surface area (Å²) in [6.45, 7) is 0.464. The monoisotopic (exact) mass is 510 g/mol. The van der Waals surface area contributed by atoms with Crippen LogP contribution in [0.4, 0.5) is 18.3 Å². The van der Waals surface area contributed by atoms with Gasteiger partial charge in [-0.15, -0.1) is 0 Å². The normalized spacial score (nSPS) is 22.6. The van der Waals surface area contributed by atoms with Crippen molar-refractivity contribution in [3.8, 4) is 5.75 Å². The Morgan fingerprint density at radius 2 is 1.94 bits per heavy atom. The third-order valence-electron chi connectivity index (χ3n) is 6.17. The number of nitrogens with zero attached hydrogens (tertiary/aromatic N) is 3. The van der Waals surface area contributed by atoms with Gasteiger partial charge >= 0.3 is 0 Å². The Hall–Kier alpha value is -2.70. The number of hydrogen-bond acceptors (Lipinski definition) is 7. The highest BCUT2D eigenvalue weighted by Crippen LogP contribution is 2.47. The van der Waals surface area contributed by atoms with Gasteiger partial charge in [0.2, 0.25) is 5.13 Å². The summed E-state index contributed by atoms with van der Waals surface area (Å²) in [4.78, 5) is 5.84. The zero-order valence-electron chi connectivity index (χ0n) is 17.8. The second-order valence-corrected chi connectivity index (χ2v) is 10.8. The first-order chi connectivity index (χ1) is 16.2. The minimum absolute atomic E-state index is 0.00219. The predicted octanol–water partition coefficient (Wildman–Crippen LogP) is 4.77. The van der Waals surface area contributed by atoms with Crippen LogP contribution in [-0.2, 0) is 10.0 Å². The van der Waals surface area contributed by atoms with Crippen LogP contribution in [0, 0.1) is 5.82 Å². The molecule has 5 rings (SSSR count). The number of fused-ring (bicyclic) bond motifs is 1. The minimum Gasteiger partial charge on any atom is -0.493 e. The summed E-state index contributed by atoms with van der Waals surface area (Å²) in [6, 6.07) is 9.37. The van der Waals surface area contributed by atoms with E-state index in [2.05, 4.69) is 14.1 Å². The zero-order chi connectivity index (χ0) is 23.9. The number of piperidine rings is 1. The molecule has 2 aromatic carbocycles. The molecule has 3 aromatic rings. The van der Waals surface area contributed by atoms with Crippen LogP contribution in [0.15, 0.2) is 53.7 Å². The quantitative estimate of drug-likeness (QED) is 0.532. The Morgan fingerprint density at radius 1 is 1.15 bits per heavy atom. The predicted molar refractivity (Wildman–Crippen MR) is 120 cm³/mol. The largest absolute Gasteiger partial charge is 0.493 e. The van der Waals surface area contributed by atoms with Crippen LogP contribution in [0.3, 0.4) is 0 Å². The smallest absolute Gasteiger partial charge is 0.263 e. The maximum Gasteiger partial charge on any atom is 0.263 e. The Labute approximate surface area is 198 Å². The Kier molecular flexibility index (Phi) is 5.98. The number of sulfonamides is 1. The lowest BCUT2D eigenvalue weighted by molar-refractivity contribution is -0.0931. The van der Waals surface area contributed by atoms with Crippen LogP contribution in [-0.4, -0.2) is 41.7 Å². The SMILES string of the molecule is O=S(=O)(Nc1ncns1)c1ccc2c(c1)OCCC2N1CCC(F)(F)CC1c1ccc(F)cc1. The van der Waals surface area contributed by atoms with E-state index < -0.39 is 27.8 Å². The molecule has 2 aliphatic rings. The zero-order valence-corrected chi connectivity index (χ0v) is 19.5. The molecule has 2 aliphatic heterocycles. The fourth-order valence-corrected chi connectivity index (χ4v) is 6.25. The highest BCUT2D eigenvalue weighted by Gasteiger charge is 2.44. The molecular formula is C22H21F3N4O3S2. The summed E-state index contributed by atoms with van der Waals surface area (Å²) in [6.07, 6.45) is 1.16. The molecule has 34 heavy (non-hydrogen) atoms. The number of likely N-dealkylation sites (tertiary alicyclic amines) is 1. The highest BCUT2D eigenvalue weighted by atomic mass is 32.2. The maximum absolute atomic E-state index is 14.4. The lowest BCUT2D eigenvalue weighted by Gasteiger charge is -2.45. The average molecular weight is 511 g/mol. The number of nitrogens with one attached hydrogen (secondary N) is 1. The number of alkyl halides is 2. The van der Waals surface area contributed by atoms with Gasteiger partial charge in [-0.1, -0.05) is 18.2 Å². The number of halogens is 3. The first kappa shape index (κ1) is 23.1. The molecule has 12 heteroatoms. The molecule has 0 bridgehead atoms. The second-order valence-electron chi connectivity index (χ2n) is 8.32. The average Bonchev–Trinajstić information content (AvgIpc) is 3.31. The Bertz CT molecular complexity index is 1270. The van der Waals surface area contributed by atoms with Crippen LogP contribution in [0.1, 0.15) is 42.5 Å². The van der Waals surface area contributed by atoms with Crippen molar-refractivity contribution in [2.24, 2.45) is 0 Å². The number of rotatable bonds is 5. The molecule has 1 aromatic heterocycles. The van der Waals surface area contributed by atoms with Gasteiger partial charge in [0, 0.05) is 61.1 Å². The second kappa shape index (κ2) is 8.82. The van der Waals surface area contributed by atoms with Crippen LogP contribution in [0.2, 0.25) is 0 Å². The maximum atomic E-state index is 14.4. The lowest BCUT2D eigenvalue weighted by atomic mass is 9.88. The fourth-order valence-electron chi connectivity index (χ4n) is 4.57. The molecule has 3 heterocycles. The molecule has 2 atom stereocenters. The van der Waals surface area contributed by atoms with Crippen molar-refractivity contribution in [2.75, 3.05) is 17.9 Å². The Morgan fingerprint density at radius 3 is 2.68 bits per heavy atom. The topological polar surface area (TPSA) is 84.4 Å². The standard InChI is InChI=1S/C22H21F3N4O3S2/c23-15-3-1-14(2-4-15)19-12-22(24,25)8-9-29(19)18-7-10-32-20-11-16(5-6-17(18)20)34(30,31)28-21-26-13-27-33-21/h1-6,11,13,18-19H,7-10,12H2,(H,26,27,28). The molecule has 0 saturated carbocycles. The van der Waals surface area contributed by atoms with E-state index in [9.17, 15) is 21.6 Å². The third kappa shape index (κ3) is 4.62. The first-order valence-corrected chi connectivity index (χ1v) is 12.9. The Balaban J connectivity index is 1.46. The van der Waals surface area contributed by atoms with Crippen LogP contribution >= 0.6 is 11.5 Å². The molecular weight excluding hydrogens is 489 g/mol. The van der Waals surface area contributed by atoms with Crippen molar-refractivity contribution in [1.82, 2.24) is 14.3 Å². The molecule has 1 saturated heterocycles. The summed E-state index contributed by atoms with van der Waals surface area (Å²) in [5, 5.41) is 0.146. The van der Waals surface area contributed by atoms with E-state index >= 15 is 0 Å². The molecule has 0 spiro atoms. The number of anilines is 1. The summed E-state index contributed by atoms with van der Waals surface area (Å²) in [7, 11) is -3.90. The summed E-state index contributed by atoms with van der Waals surface area (Å²) in [5.74, 6) is -2.85. The lowest BCUT2D eigenvalue weighted by Crippen LogP contribution is -2.44. The molecule has 0 amide bonds. The van der Waals surface area contributed by atoms with Gasteiger partial charge in [-0.25, -0.2) is 26.6 Å². The van der Waals surface area contributed by atoms with Gasteiger partial charge in [-0.3, -0.25) is 9.62 Å². The number of benzene rings is 2. The van der Waals surface area contributed by atoms with Gasteiger partial charge in [0.1, 0.15) is 17.9 Å². The molecule has 180 valence electrons. The van der Waals surface area contributed by atoms with Gasteiger partial charge in [-0.2, -0.15) is 4.37 Å². The van der Waals surface area contributed by atoms with Gasteiger partial charge < -0.3 is 4.74 Å². The van der Waals surface area contributed by atoms with Crippen molar-refractivity contribution in [1.29, 1.82) is 0 Å². The molecule has 0 radical (unpaired) electrons. The number of hydrogen-bond donors (Lipinski definition) is 1.